The molecule has 1 aromatic carbocycles. The summed E-state index contributed by atoms with van der Waals surface area (Å²) < 4.78 is 5.28. The van der Waals surface area contributed by atoms with E-state index in [2.05, 4.69) is 5.32 Å². The first-order chi connectivity index (χ1) is 7.76. The lowest BCUT2D eigenvalue weighted by Crippen LogP contribution is -2.11. The Balaban J connectivity index is 2.45. The fourth-order valence-corrected chi connectivity index (χ4v) is 1.26. The summed E-state index contributed by atoms with van der Waals surface area (Å²) in [5.41, 5.74) is 0.742. The van der Waals surface area contributed by atoms with Gasteiger partial charge in [-0.05, 0) is 37.6 Å². The molecule has 0 aromatic heterocycles. The summed E-state index contributed by atoms with van der Waals surface area (Å²) in [4.78, 5) is 11.3. The summed E-state index contributed by atoms with van der Waals surface area (Å²) in [6.07, 6.45) is 0.826. The largest absolute Gasteiger partial charge is 0.494 e. The second-order valence-electron chi connectivity index (χ2n) is 3.33. The number of aliphatic hydroxyl groups is 1. The third-order valence-electron chi connectivity index (χ3n) is 2.01. The molecule has 4 nitrogen and oxygen atoms in total. The van der Waals surface area contributed by atoms with Crippen LogP contribution in [0.5, 0.6) is 5.75 Å². The van der Waals surface area contributed by atoms with Crippen molar-refractivity contribution in [2.45, 2.75) is 19.8 Å². The van der Waals surface area contributed by atoms with Gasteiger partial charge < -0.3 is 15.2 Å². The van der Waals surface area contributed by atoms with Crippen molar-refractivity contribution in [1.29, 1.82) is 0 Å². The van der Waals surface area contributed by atoms with Gasteiger partial charge in [0, 0.05) is 18.7 Å². The Labute approximate surface area is 95.2 Å². The molecule has 4 heteroatoms. The maximum Gasteiger partial charge on any atom is 0.224 e. The summed E-state index contributed by atoms with van der Waals surface area (Å²) in [7, 11) is 0. The van der Waals surface area contributed by atoms with E-state index in [1.54, 1.807) is 12.1 Å². The van der Waals surface area contributed by atoms with Gasteiger partial charge in [0.15, 0.2) is 0 Å². The molecular weight excluding hydrogens is 206 g/mol. The number of carbonyl (C=O) groups excluding carboxylic acids is 1. The SMILES string of the molecule is CCOc1ccc(NC(=O)CCCO)cc1. The maximum atomic E-state index is 11.3. The van der Waals surface area contributed by atoms with Crippen LogP contribution in [0.2, 0.25) is 0 Å². The highest BCUT2D eigenvalue weighted by Crippen LogP contribution is 2.15. The molecule has 0 spiro atoms. The monoisotopic (exact) mass is 223 g/mol. The smallest absolute Gasteiger partial charge is 0.224 e. The molecule has 16 heavy (non-hydrogen) atoms. The van der Waals surface area contributed by atoms with Crippen LogP contribution in [0.15, 0.2) is 24.3 Å². The van der Waals surface area contributed by atoms with Gasteiger partial charge in [0.2, 0.25) is 5.91 Å². The van der Waals surface area contributed by atoms with Crippen LogP contribution in [-0.2, 0) is 4.79 Å². The minimum Gasteiger partial charge on any atom is -0.494 e. The number of carbonyl (C=O) groups is 1. The van der Waals surface area contributed by atoms with Crippen LogP contribution in [0.3, 0.4) is 0 Å². The Bertz CT molecular complexity index is 322. The van der Waals surface area contributed by atoms with Gasteiger partial charge in [-0.15, -0.1) is 0 Å². The quantitative estimate of drug-likeness (QED) is 0.773. The standard InChI is InChI=1S/C12H17NO3/c1-2-16-11-7-5-10(6-8-11)13-12(15)4-3-9-14/h5-8,14H,2-4,9H2,1H3,(H,13,15). The summed E-state index contributed by atoms with van der Waals surface area (Å²) in [5.74, 6) is 0.703. The first-order valence-corrected chi connectivity index (χ1v) is 5.40. The van der Waals surface area contributed by atoms with E-state index in [4.69, 9.17) is 9.84 Å². The number of hydrogen-bond acceptors (Lipinski definition) is 3. The third-order valence-corrected chi connectivity index (χ3v) is 2.01. The Kier molecular flexibility index (Phi) is 5.36. The number of hydrogen-bond donors (Lipinski definition) is 2. The highest BCUT2D eigenvalue weighted by molar-refractivity contribution is 5.90. The van der Waals surface area contributed by atoms with Gasteiger partial charge in [-0.25, -0.2) is 0 Å². The van der Waals surface area contributed by atoms with Crippen molar-refractivity contribution in [3.05, 3.63) is 24.3 Å². The van der Waals surface area contributed by atoms with Crippen LogP contribution in [-0.4, -0.2) is 24.2 Å². The van der Waals surface area contributed by atoms with Gasteiger partial charge in [-0.3, -0.25) is 4.79 Å². The lowest BCUT2D eigenvalue weighted by molar-refractivity contribution is -0.116. The molecule has 0 fully saturated rings. The van der Waals surface area contributed by atoms with Gasteiger partial charge in [0.1, 0.15) is 5.75 Å². The van der Waals surface area contributed by atoms with Crippen molar-refractivity contribution in [3.63, 3.8) is 0 Å². The highest BCUT2D eigenvalue weighted by Gasteiger charge is 2.01. The molecule has 0 saturated heterocycles. The van der Waals surface area contributed by atoms with Gasteiger partial charge >= 0.3 is 0 Å². The predicted molar refractivity (Wildman–Crippen MR) is 62.6 cm³/mol. The number of aliphatic hydroxyl groups excluding tert-OH is 1. The number of rotatable bonds is 6. The fraction of sp³-hybridized carbons (Fsp3) is 0.417. The topological polar surface area (TPSA) is 58.6 Å². The molecule has 88 valence electrons. The number of nitrogens with one attached hydrogen (secondary N) is 1. The lowest BCUT2D eigenvalue weighted by atomic mass is 10.2. The molecule has 0 aliphatic heterocycles. The van der Waals surface area contributed by atoms with Crippen molar-refractivity contribution >= 4 is 11.6 Å². The van der Waals surface area contributed by atoms with E-state index in [1.807, 2.05) is 19.1 Å². The first-order valence-electron chi connectivity index (χ1n) is 5.40. The first kappa shape index (κ1) is 12.5. The second-order valence-corrected chi connectivity index (χ2v) is 3.33. The predicted octanol–water partition coefficient (Wildman–Crippen LogP) is 1.80. The Morgan fingerprint density at radius 2 is 2.06 bits per heavy atom. The van der Waals surface area contributed by atoms with E-state index in [1.165, 1.54) is 0 Å². The van der Waals surface area contributed by atoms with Crippen LogP contribution >= 0.6 is 0 Å². The molecule has 0 aliphatic rings. The lowest BCUT2D eigenvalue weighted by Gasteiger charge is -2.06. The minimum atomic E-state index is -0.0850. The molecule has 2 N–H and O–H groups in total. The molecule has 0 radical (unpaired) electrons. The molecule has 0 unspecified atom stereocenters. The Hall–Kier alpha value is -1.55. The van der Waals surface area contributed by atoms with E-state index in [9.17, 15) is 4.79 Å². The normalized spacial score (nSPS) is 9.88. The number of amides is 1. The van der Waals surface area contributed by atoms with E-state index in [-0.39, 0.29) is 12.5 Å². The molecule has 0 aliphatic carbocycles. The van der Waals surface area contributed by atoms with E-state index >= 15 is 0 Å². The molecular formula is C12H17NO3. The Morgan fingerprint density at radius 1 is 1.38 bits per heavy atom. The van der Waals surface area contributed by atoms with Gasteiger partial charge in [0.25, 0.3) is 0 Å². The average Bonchev–Trinajstić information content (AvgIpc) is 2.29. The maximum absolute atomic E-state index is 11.3. The van der Waals surface area contributed by atoms with E-state index in [0.717, 1.165) is 11.4 Å². The second kappa shape index (κ2) is 6.85. The van der Waals surface area contributed by atoms with Crippen molar-refractivity contribution in [1.82, 2.24) is 0 Å². The van der Waals surface area contributed by atoms with Crippen LogP contribution in [0, 0.1) is 0 Å². The number of anilines is 1. The zero-order valence-corrected chi connectivity index (χ0v) is 9.40. The molecule has 0 bridgehead atoms. The third kappa shape index (κ3) is 4.31. The highest BCUT2D eigenvalue weighted by atomic mass is 16.5. The van der Waals surface area contributed by atoms with Crippen LogP contribution in [0.4, 0.5) is 5.69 Å². The van der Waals surface area contributed by atoms with Crippen molar-refractivity contribution < 1.29 is 14.6 Å². The minimum absolute atomic E-state index is 0.0384. The van der Waals surface area contributed by atoms with Crippen molar-refractivity contribution in [2.75, 3.05) is 18.5 Å². The van der Waals surface area contributed by atoms with Crippen molar-refractivity contribution in [3.8, 4) is 5.75 Å². The zero-order chi connectivity index (χ0) is 11.8. The van der Waals surface area contributed by atoms with Crippen LogP contribution in [0.1, 0.15) is 19.8 Å². The number of ether oxygens (including phenoxy) is 1. The summed E-state index contributed by atoms with van der Waals surface area (Å²) >= 11 is 0. The van der Waals surface area contributed by atoms with Gasteiger partial charge in [0.05, 0.1) is 6.61 Å². The van der Waals surface area contributed by atoms with Crippen LogP contribution in [0.25, 0.3) is 0 Å². The fourth-order valence-electron chi connectivity index (χ4n) is 1.26. The average molecular weight is 223 g/mol. The molecule has 0 heterocycles. The van der Waals surface area contributed by atoms with Gasteiger partial charge in [-0.1, -0.05) is 0 Å². The molecule has 1 rings (SSSR count). The molecule has 0 atom stereocenters. The summed E-state index contributed by atoms with van der Waals surface area (Å²) in [6.45, 7) is 2.59. The van der Waals surface area contributed by atoms with E-state index < -0.39 is 0 Å². The zero-order valence-electron chi connectivity index (χ0n) is 9.40. The molecule has 1 aromatic rings. The summed E-state index contributed by atoms with van der Waals surface area (Å²) in [6, 6.07) is 7.21. The summed E-state index contributed by atoms with van der Waals surface area (Å²) in [5, 5.41) is 11.3. The van der Waals surface area contributed by atoms with E-state index in [0.29, 0.717) is 19.4 Å². The number of benzene rings is 1. The van der Waals surface area contributed by atoms with Crippen LogP contribution < -0.4 is 10.1 Å². The Morgan fingerprint density at radius 3 is 2.62 bits per heavy atom. The van der Waals surface area contributed by atoms with Crippen molar-refractivity contribution in [2.24, 2.45) is 0 Å². The van der Waals surface area contributed by atoms with Gasteiger partial charge in [-0.2, -0.15) is 0 Å². The molecule has 1 amide bonds. The molecule has 0 saturated carbocycles.